The molecule has 2 amide bonds. The third-order valence-corrected chi connectivity index (χ3v) is 9.51. The number of hydrogen-bond donors (Lipinski definition) is 1. The molecule has 0 saturated carbocycles. The Hall–Kier alpha value is -3.85. The number of nitrogens with zero attached hydrogens (tertiary/aromatic N) is 2. The van der Waals surface area contributed by atoms with Gasteiger partial charge in [0.05, 0.1) is 10.6 Å². The summed E-state index contributed by atoms with van der Waals surface area (Å²) in [7, 11) is -4.25. The quantitative estimate of drug-likeness (QED) is 0.146. The minimum Gasteiger partial charge on any atom is -0.354 e. The average Bonchev–Trinajstić information content (AvgIpc) is 3.02. The monoisotopic (exact) mass is 665 g/mol. The zero-order valence-electron chi connectivity index (χ0n) is 25.3. The Kier molecular flexibility index (Phi) is 12.0. The molecule has 0 saturated heterocycles. The molecule has 1 atom stereocenters. The molecule has 0 bridgehead atoms. The molecule has 4 aromatic rings. The molecule has 0 aliphatic rings. The molecule has 4 aromatic carbocycles. The average molecular weight is 667 g/mol. The van der Waals surface area contributed by atoms with Crippen LogP contribution in [-0.4, -0.2) is 44.3 Å². The van der Waals surface area contributed by atoms with Crippen LogP contribution in [0, 0.1) is 6.92 Å². The summed E-state index contributed by atoms with van der Waals surface area (Å²) in [5.74, 6) is -0.866. The molecule has 236 valence electrons. The van der Waals surface area contributed by atoms with Crippen molar-refractivity contribution in [3.05, 3.63) is 130 Å². The van der Waals surface area contributed by atoms with Gasteiger partial charge in [0, 0.05) is 29.6 Å². The number of unbranched alkanes of at least 4 members (excludes halogenated alkanes) is 1. The van der Waals surface area contributed by atoms with Crippen LogP contribution in [0.2, 0.25) is 10.0 Å². The molecule has 0 aliphatic heterocycles. The largest absolute Gasteiger partial charge is 0.354 e. The summed E-state index contributed by atoms with van der Waals surface area (Å²) in [4.78, 5) is 29.8. The van der Waals surface area contributed by atoms with Crippen molar-refractivity contribution < 1.29 is 18.0 Å². The summed E-state index contributed by atoms with van der Waals surface area (Å²) in [6, 6.07) is 28.5. The van der Waals surface area contributed by atoms with Crippen LogP contribution in [0.3, 0.4) is 0 Å². The lowest BCUT2D eigenvalue weighted by atomic mass is 10.0. The van der Waals surface area contributed by atoms with Gasteiger partial charge in [0.1, 0.15) is 12.6 Å². The number of carbonyl (C=O) groups is 2. The second kappa shape index (κ2) is 15.9. The minimum absolute atomic E-state index is 0.00252. The molecule has 0 radical (unpaired) electrons. The molecule has 1 N–H and O–H groups in total. The summed E-state index contributed by atoms with van der Waals surface area (Å²) in [6.07, 6.45) is 1.92. The van der Waals surface area contributed by atoms with E-state index < -0.39 is 28.5 Å². The molecule has 0 aromatic heterocycles. The molecular weight excluding hydrogens is 629 g/mol. The van der Waals surface area contributed by atoms with E-state index in [1.54, 1.807) is 18.2 Å². The van der Waals surface area contributed by atoms with Crippen molar-refractivity contribution in [1.82, 2.24) is 10.2 Å². The Labute approximate surface area is 275 Å². The molecule has 45 heavy (non-hydrogen) atoms. The summed E-state index contributed by atoms with van der Waals surface area (Å²) < 4.78 is 29.2. The number of hydrogen-bond acceptors (Lipinski definition) is 4. The summed E-state index contributed by atoms with van der Waals surface area (Å²) in [6.45, 7) is 3.95. The lowest BCUT2D eigenvalue weighted by Gasteiger charge is -2.34. The van der Waals surface area contributed by atoms with Crippen LogP contribution in [0.25, 0.3) is 0 Å². The number of carbonyl (C=O) groups excluding carboxylic acids is 2. The van der Waals surface area contributed by atoms with Gasteiger partial charge in [-0.05, 0) is 54.8 Å². The molecule has 10 heteroatoms. The van der Waals surface area contributed by atoms with E-state index in [0.717, 1.165) is 33.8 Å². The first-order chi connectivity index (χ1) is 21.6. The van der Waals surface area contributed by atoms with Crippen molar-refractivity contribution in [2.45, 2.75) is 50.6 Å². The van der Waals surface area contributed by atoms with E-state index in [4.69, 9.17) is 23.2 Å². The fourth-order valence-corrected chi connectivity index (χ4v) is 6.93. The maximum Gasteiger partial charge on any atom is 0.264 e. The topological polar surface area (TPSA) is 86.8 Å². The summed E-state index contributed by atoms with van der Waals surface area (Å²) >= 11 is 12.6. The lowest BCUT2D eigenvalue weighted by Crippen LogP contribution is -2.53. The molecule has 0 fully saturated rings. The van der Waals surface area contributed by atoms with Crippen LogP contribution >= 0.6 is 23.2 Å². The highest BCUT2D eigenvalue weighted by molar-refractivity contribution is 7.92. The first-order valence-electron chi connectivity index (χ1n) is 14.8. The van der Waals surface area contributed by atoms with Gasteiger partial charge in [0.25, 0.3) is 10.0 Å². The molecule has 1 unspecified atom stereocenters. The Morgan fingerprint density at radius 2 is 1.44 bits per heavy atom. The Morgan fingerprint density at radius 3 is 2.07 bits per heavy atom. The number of nitrogens with one attached hydrogen (secondary N) is 1. The highest BCUT2D eigenvalue weighted by atomic mass is 35.5. The van der Waals surface area contributed by atoms with Crippen molar-refractivity contribution in [2.75, 3.05) is 17.4 Å². The zero-order chi connectivity index (χ0) is 32.4. The predicted molar refractivity (Wildman–Crippen MR) is 181 cm³/mol. The van der Waals surface area contributed by atoms with Gasteiger partial charge in [-0.25, -0.2) is 8.42 Å². The third-order valence-electron chi connectivity index (χ3n) is 7.28. The van der Waals surface area contributed by atoms with Crippen LogP contribution < -0.4 is 9.62 Å². The van der Waals surface area contributed by atoms with Crippen LogP contribution in [0.15, 0.2) is 108 Å². The Balaban J connectivity index is 1.81. The smallest absolute Gasteiger partial charge is 0.264 e. The lowest BCUT2D eigenvalue weighted by molar-refractivity contribution is -0.140. The van der Waals surface area contributed by atoms with Gasteiger partial charge in [-0.3, -0.25) is 13.9 Å². The second-order valence-electron chi connectivity index (χ2n) is 10.8. The van der Waals surface area contributed by atoms with Gasteiger partial charge in [0.15, 0.2) is 0 Å². The number of amides is 2. The second-order valence-corrected chi connectivity index (χ2v) is 13.5. The fraction of sp³-hybridized carbons (Fsp3) is 0.257. The standard InChI is InChI=1S/C35H37Cl2N3O4S/c1-3-4-18-38-35(42)33(20-27-13-7-5-8-14-27)39(24-28-15-11-12-26(2)19-28)34(41)25-40(31-22-29(36)21-30(37)23-31)45(43,44)32-16-9-6-10-17-32/h5-17,19,21-23,33H,3-4,18,20,24-25H2,1-2H3,(H,38,42). The SMILES string of the molecule is CCCCNC(=O)C(Cc1ccccc1)N(Cc1cccc(C)c1)C(=O)CN(c1cc(Cl)cc(Cl)c1)S(=O)(=O)c1ccccc1. The first-order valence-corrected chi connectivity index (χ1v) is 17.0. The number of sulfonamides is 1. The minimum atomic E-state index is -4.25. The van der Waals surface area contributed by atoms with E-state index in [9.17, 15) is 18.0 Å². The zero-order valence-corrected chi connectivity index (χ0v) is 27.7. The van der Waals surface area contributed by atoms with Gasteiger partial charge in [-0.1, -0.05) is 115 Å². The summed E-state index contributed by atoms with van der Waals surface area (Å²) in [5.41, 5.74) is 2.80. The Morgan fingerprint density at radius 1 is 0.822 bits per heavy atom. The van der Waals surface area contributed by atoms with Gasteiger partial charge in [-0.15, -0.1) is 0 Å². The molecular formula is C35H37Cl2N3O4S. The van der Waals surface area contributed by atoms with Crippen LogP contribution in [0.4, 0.5) is 5.69 Å². The van der Waals surface area contributed by atoms with E-state index in [0.29, 0.717) is 6.54 Å². The Bertz CT molecular complexity index is 1680. The number of aryl methyl sites for hydroxylation is 1. The highest BCUT2D eigenvalue weighted by Gasteiger charge is 2.34. The molecule has 7 nitrogen and oxygen atoms in total. The van der Waals surface area contributed by atoms with Crippen molar-refractivity contribution in [3.8, 4) is 0 Å². The number of benzene rings is 4. The molecule has 4 rings (SSSR count). The van der Waals surface area contributed by atoms with Crippen LogP contribution in [-0.2, 0) is 32.6 Å². The first kappa shape index (κ1) is 34.0. The normalized spacial score (nSPS) is 11.9. The van der Waals surface area contributed by atoms with E-state index in [-0.39, 0.29) is 39.5 Å². The van der Waals surface area contributed by atoms with Crippen LogP contribution in [0.1, 0.15) is 36.5 Å². The van der Waals surface area contributed by atoms with Gasteiger partial charge < -0.3 is 10.2 Å². The van der Waals surface area contributed by atoms with Gasteiger partial charge in [-0.2, -0.15) is 0 Å². The molecule has 0 aliphatic carbocycles. The molecule has 0 heterocycles. The van der Waals surface area contributed by atoms with Gasteiger partial charge in [0.2, 0.25) is 11.8 Å². The van der Waals surface area contributed by atoms with Crippen molar-refractivity contribution in [3.63, 3.8) is 0 Å². The third kappa shape index (κ3) is 9.33. The maximum absolute atomic E-state index is 14.5. The number of anilines is 1. The van der Waals surface area contributed by atoms with Crippen molar-refractivity contribution in [1.29, 1.82) is 0 Å². The summed E-state index contributed by atoms with van der Waals surface area (Å²) in [5, 5.41) is 3.42. The maximum atomic E-state index is 14.5. The van der Waals surface area contributed by atoms with E-state index >= 15 is 0 Å². The van der Waals surface area contributed by atoms with E-state index in [1.165, 1.54) is 35.2 Å². The molecule has 0 spiro atoms. The van der Waals surface area contributed by atoms with Crippen LogP contribution in [0.5, 0.6) is 0 Å². The number of rotatable bonds is 14. The van der Waals surface area contributed by atoms with Gasteiger partial charge >= 0.3 is 0 Å². The van der Waals surface area contributed by atoms with E-state index in [1.807, 2.05) is 68.4 Å². The van der Waals surface area contributed by atoms with E-state index in [2.05, 4.69) is 5.32 Å². The fourth-order valence-electron chi connectivity index (χ4n) is 5.00. The van der Waals surface area contributed by atoms with Crippen molar-refractivity contribution >= 4 is 50.7 Å². The highest BCUT2D eigenvalue weighted by Crippen LogP contribution is 2.30. The number of halogens is 2. The predicted octanol–water partition coefficient (Wildman–Crippen LogP) is 7.05. The van der Waals surface area contributed by atoms with Crippen molar-refractivity contribution in [2.24, 2.45) is 0 Å².